The molecule has 4 heteroatoms. The van der Waals surface area contributed by atoms with E-state index in [1.807, 2.05) is 0 Å². The third-order valence-corrected chi connectivity index (χ3v) is 4.82. The molecule has 0 N–H and O–H groups in total. The third-order valence-electron chi connectivity index (χ3n) is 3.59. The van der Waals surface area contributed by atoms with Crippen LogP contribution in [0.25, 0.3) is 0 Å². The van der Waals surface area contributed by atoms with Gasteiger partial charge in [-0.3, -0.25) is 0 Å². The summed E-state index contributed by atoms with van der Waals surface area (Å²) in [5.74, 6) is 0.540. The first kappa shape index (κ1) is 13.3. The Labute approximate surface area is 113 Å². The van der Waals surface area contributed by atoms with E-state index in [-0.39, 0.29) is 0 Å². The number of halogens is 1. The topological polar surface area (TPSA) is 16.1 Å². The van der Waals surface area contributed by atoms with Crippen LogP contribution in [0.1, 0.15) is 42.8 Å². The molecular formula is C13H21ClN2S. The van der Waals surface area contributed by atoms with Crippen molar-refractivity contribution in [2.24, 2.45) is 0 Å². The lowest BCUT2D eigenvalue weighted by molar-refractivity contribution is 0.243. The van der Waals surface area contributed by atoms with Crippen molar-refractivity contribution >= 4 is 22.9 Å². The van der Waals surface area contributed by atoms with Crippen molar-refractivity contribution in [1.82, 2.24) is 9.88 Å². The fourth-order valence-corrected chi connectivity index (χ4v) is 3.60. The van der Waals surface area contributed by atoms with E-state index in [0.717, 1.165) is 18.2 Å². The van der Waals surface area contributed by atoms with E-state index in [2.05, 4.69) is 22.3 Å². The molecule has 0 atom stereocenters. The minimum absolute atomic E-state index is 0.540. The summed E-state index contributed by atoms with van der Waals surface area (Å²) in [7, 11) is 2.27. The largest absolute Gasteiger partial charge is 0.303 e. The van der Waals surface area contributed by atoms with Gasteiger partial charge in [-0.1, -0.05) is 12.8 Å². The maximum absolute atomic E-state index is 5.75. The summed E-state index contributed by atoms with van der Waals surface area (Å²) in [6.07, 6.45) is 7.93. The standard InChI is InChI=1S/C13H21ClN2S/c1-16(12-5-2-3-6-12)8-4-7-13-15-11(9-14)10-17-13/h10,12H,2-9H2,1H3. The number of nitrogens with zero attached hydrogens (tertiary/aromatic N) is 2. The fourth-order valence-electron chi connectivity index (χ4n) is 2.53. The minimum Gasteiger partial charge on any atom is -0.303 e. The van der Waals surface area contributed by atoms with E-state index in [1.165, 1.54) is 43.7 Å². The Balaban J connectivity index is 1.68. The maximum Gasteiger partial charge on any atom is 0.0929 e. The third kappa shape index (κ3) is 3.94. The number of hydrogen-bond acceptors (Lipinski definition) is 3. The van der Waals surface area contributed by atoms with Crippen molar-refractivity contribution in [3.05, 3.63) is 16.1 Å². The number of hydrogen-bond donors (Lipinski definition) is 0. The molecule has 0 radical (unpaired) electrons. The van der Waals surface area contributed by atoms with E-state index in [1.54, 1.807) is 11.3 Å². The number of rotatable bonds is 6. The van der Waals surface area contributed by atoms with Crippen LogP contribution < -0.4 is 0 Å². The second-order valence-corrected chi connectivity index (χ2v) is 6.10. The van der Waals surface area contributed by atoms with Crippen LogP contribution in [-0.4, -0.2) is 29.5 Å². The average Bonchev–Trinajstić information content (AvgIpc) is 3.00. The summed E-state index contributed by atoms with van der Waals surface area (Å²) in [4.78, 5) is 7.02. The molecule has 1 aliphatic rings. The summed E-state index contributed by atoms with van der Waals surface area (Å²) >= 11 is 7.49. The summed E-state index contributed by atoms with van der Waals surface area (Å²) in [5, 5.41) is 3.31. The summed E-state index contributed by atoms with van der Waals surface area (Å²) in [5.41, 5.74) is 1.02. The quantitative estimate of drug-likeness (QED) is 0.735. The van der Waals surface area contributed by atoms with Crippen molar-refractivity contribution in [3.63, 3.8) is 0 Å². The molecule has 1 aromatic rings. The Morgan fingerprint density at radius 3 is 2.88 bits per heavy atom. The molecule has 0 amide bonds. The first-order chi connectivity index (χ1) is 8.29. The molecule has 2 rings (SSSR count). The zero-order valence-corrected chi connectivity index (χ0v) is 12.1. The van der Waals surface area contributed by atoms with Gasteiger partial charge in [0.15, 0.2) is 0 Å². The van der Waals surface area contributed by atoms with Crippen molar-refractivity contribution in [2.75, 3.05) is 13.6 Å². The molecule has 0 aromatic carbocycles. The maximum atomic E-state index is 5.75. The van der Waals surface area contributed by atoms with Crippen LogP contribution in [0.2, 0.25) is 0 Å². The van der Waals surface area contributed by atoms with Gasteiger partial charge in [-0.2, -0.15) is 0 Å². The van der Waals surface area contributed by atoms with E-state index in [9.17, 15) is 0 Å². The van der Waals surface area contributed by atoms with E-state index >= 15 is 0 Å². The van der Waals surface area contributed by atoms with E-state index in [0.29, 0.717) is 5.88 Å². The lowest BCUT2D eigenvalue weighted by Crippen LogP contribution is -2.30. The van der Waals surface area contributed by atoms with Crippen LogP contribution in [0.15, 0.2) is 5.38 Å². The predicted octanol–water partition coefficient (Wildman–Crippen LogP) is 3.69. The second-order valence-electron chi connectivity index (χ2n) is 4.89. The summed E-state index contributed by atoms with van der Waals surface area (Å²) in [6.45, 7) is 1.19. The highest BCUT2D eigenvalue weighted by molar-refractivity contribution is 7.09. The van der Waals surface area contributed by atoms with Crippen LogP contribution in [0.4, 0.5) is 0 Å². The molecule has 1 aliphatic carbocycles. The smallest absolute Gasteiger partial charge is 0.0929 e. The normalized spacial score (nSPS) is 17.1. The zero-order chi connectivity index (χ0) is 12.1. The van der Waals surface area contributed by atoms with Crippen LogP contribution in [-0.2, 0) is 12.3 Å². The molecule has 1 saturated carbocycles. The van der Waals surface area contributed by atoms with Gasteiger partial charge in [-0.05, 0) is 32.9 Å². The Bertz CT molecular complexity index is 334. The highest BCUT2D eigenvalue weighted by atomic mass is 35.5. The molecule has 0 aliphatic heterocycles. The Hall–Kier alpha value is -0.120. The zero-order valence-electron chi connectivity index (χ0n) is 10.5. The van der Waals surface area contributed by atoms with Gasteiger partial charge < -0.3 is 4.90 Å². The number of aromatic nitrogens is 1. The lowest BCUT2D eigenvalue weighted by Gasteiger charge is -2.23. The molecule has 1 aromatic heterocycles. The molecule has 96 valence electrons. The van der Waals surface area contributed by atoms with Gasteiger partial charge in [0.25, 0.3) is 0 Å². The van der Waals surface area contributed by atoms with Gasteiger partial charge in [0, 0.05) is 17.8 Å². The monoisotopic (exact) mass is 272 g/mol. The van der Waals surface area contributed by atoms with Gasteiger partial charge in [0.2, 0.25) is 0 Å². The Morgan fingerprint density at radius 2 is 2.24 bits per heavy atom. The van der Waals surface area contributed by atoms with Gasteiger partial charge in [0.1, 0.15) is 0 Å². The van der Waals surface area contributed by atoms with Crippen molar-refractivity contribution in [3.8, 4) is 0 Å². The molecule has 0 saturated heterocycles. The first-order valence-electron chi connectivity index (χ1n) is 6.49. The molecule has 1 heterocycles. The Kier molecular flexibility index (Phi) is 5.26. The number of aryl methyl sites for hydroxylation is 1. The average molecular weight is 273 g/mol. The van der Waals surface area contributed by atoms with Gasteiger partial charge in [-0.25, -0.2) is 4.98 Å². The van der Waals surface area contributed by atoms with Crippen molar-refractivity contribution in [1.29, 1.82) is 0 Å². The second kappa shape index (κ2) is 6.72. The highest BCUT2D eigenvalue weighted by Crippen LogP contribution is 2.22. The minimum atomic E-state index is 0.540. The number of alkyl halides is 1. The van der Waals surface area contributed by atoms with Crippen LogP contribution in [0.5, 0.6) is 0 Å². The van der Waals surface area contributed by atoms with Crippen LogP contribution >= 0.6 is 22.9 Å². The molecule has 0 spiro atoms. The highest BCUT2D eigenvalue weighted by Gasteiger charge is 2.18. The lowest BCUT2D eigenvalue weighted by atomic mass is 10.2. The van der Waals surface area contributed by atoms with E-state index in [4.69, 9.17) is 11.6 Å². The predicted molar refractivity (Wildman–Crippen MR) is 74.9 cm³/mol. The molecule has 0 unspecified atom stereocenters. The summed E-state index contributed by atoms with van der Waals surface area (Å²) in [6, 6.07) is 0.838. The molecule has 2 nitrogen and oxygen atoms in total. The number of thiazole rings is 1. The molecular weight excluding hydrogens is 252 g/mol. The van der Waals surface area contributed by atoms with E-state index < -0.39 is 0 Å². The van der Waals surface area contributed by atoms with Gasteiger partial charge >= 0.3 is 0 Å². The molecule has 1 fully saturated rings. The summed E-state index contributed by atoms with van der Waals surface area (Å²) < 4.78 is 0. The van der Waals surface area contributed by atoms with Crippen molar-refractivity contribution in [2.45, 2.75) is 50.4 Å². The fraction of sp³-hybridized carbons (Fsp3) is 0.769. The van der Waals surface area contributed by atoms with Gasteiger partial charge in [-0.15, -0.1) is 22.9 Å². The van der Waals surface area contributed by atoms with Crippen molar-refractivity contribution < 1.29 is 0 Å². The molecule has 17 heavy (non-hydrogen) atoms. The van der Waals surface area contributed by atoms with Crippen LogP contribution in [0.3, 0.4) is 0 Å². The molecule has 0 bridgehead atoms. The SMILES string of the molecule is CN(CCCc1nc(CCl)cs1)C1CCCC1. The van der Waals surface area contributed by atoms with Gasteiger partial charge in [0.05, 0.1) is 16.6 Å². The first-order valence-corrected chi connectivity index (χ1v) is 7.90. The van der Waals surface area contributed by atoms with Crippen LogP contribution in [0, 0.1) is 0 Å². The Morgan fingerprint density at radius 1 is 1.47 bits per heavy atom.